The standard InChI is InChI=1S/C19H24N2O3/c1-13-16(14(2)24-20-13)12-21-8-3-5-17(21)15-6-7-18-19(11-15)23-10-4-9-22-18/h6-7,11,17H,3-5,8-10,12H2,1-2H3/t17-/m1/s1. The summed E-state index contributed by atoms with van der Waals surface area (Å²) in [5, 5.41) is 4.09. The molecule has 0 spiro atoms. The molecule has 2 aliphatic rings. The fourth-order valence-electron chi connectivity index (χ4n) is 3.71. The number of aryl methyl sites for hydroxylation is 2. The first-order valence-corrected chi connectivity index (χ1v) is 8.78. The Morgan fingerprint density at radius 3 is 2.75 bits per heavy atom. The van der Waals surface area contributed by atoms with Gasteiger partial charge in [0.05, 0.1) is 18.9 Å². The minimum absolute atomic E-state index is 0.413. The molecule has 1 fully saturated rings. The maximum Gasteiger partial charge on any atom is 0.161 e. The zero-order valence-corrected chi connectivity index (χ0v) is 14.4. The Bertz CT molecular complexity index is 706. The van der Waals surface area contributed by atoms with Crippen LogP contribution < -0.4 is 9.47 Å². The Labute approximate surface area is 142 Å². The summed E-state index contributed by atoms with van der Waals surface area (Å²) in [5.41, 5.74) is 3.52. The topological polar surface area (TPSA) is 47.7 Å². The molecule has 1 atom stereocenters. The van der Waals surface area contributed by atoms with E-state index < -0.39 is 0 Å². The van der Waals surface area contributed by atoms with Gasteiger partial charge in [-0.25, -0.2) is 0 Å². The lowest BCUT2D eigenvalue weighted by Crippen LogP contribution is -2.23. The van der Waals surface area contributed by atoms with Crippen LogP contribution in [0.2, 0.25) is 0 Å². The largest absolute Gasteiger partial charge is 0.490 e. The van der Waals surface area contributed by atoms with E-state index in [1.165, 1.54) is 24.0 Å². The van der Waals surface area contributed by atoms with E-state index in [1.54, 1.807) is 0 Å². The van der Waals surface area contributed by atoms with Crippen LogP contribution in [0.5, 0.6) is 11.5 Å². The normalized spacial score (nSPS) is 21.0. The number of hydrogen-bond acceptors (Lipinski definition) is 5. The summed E-state index contributed by atoms with van der Waals surface area (Å²) in [5.74, 6) is 2.68. The zero-order chi connectivity index (χ0) is 16.5. The van der Waals surface area contributed by atoms with Gasteiger partial charge < -0.3 is 14.0 Å². The lowest BCUT2D eigenvalue weighted by Gasteiger charge is -2.25. The van der Waals surface area contributed by atoms with Gasteiger partial charge in [0.1, 0.15) is 5.76 Å². The highest BCUT2D eigenvalue weighted by molar-refractivity contribution is 5.44. The van der Waals surface area contributed by atoms with E-state index in [1.807, 2.05) is 13.8 Å². The molecule has 3 heterocycles. The van der Waals surface area contributed by atoms with Crippen LogP contribution in [0.25, 0.3) is 0 Å². The predicted octanol–water partition coefficient (Wildman–Crippen LogP) is 3.79. The molecule has 0 unspecified atom stereocenters. The zero-order valence-electron chi connectivity index (χ0n) is 14.4. The van der Waals surface area contributed by atoms with Crippen molar-refractivity contribution in [2.75, 3.05) is 19.8 Å². The van der Waals surface area contributed by atoms with Crippen molar-refractivity contribution in [3.63, 3.8) is 0 Å². The average molecular weight is 328 g/mol. The number of aromatic nitrogens is 1. The van der Waals surface area contributed by atoms with E-state index in [4.69, 9.17) is 14.0 Å². The van der Waals surface area contributed by atoms with Crippen LogP contribution in [0, 0.1) is 13.8 Å². The molecule has 0 radical (unpaired) electrons. The van der Waals surface area contributed by atoms with Gasteiger partial charge in [-0.2, -0.15) is 0 Å². The van der Waals surface area contributed by atoms with Crippen molar-refractivity contribution in [3.05, 3.63) is 40.8 Å². The van der Waals surface area contributed by atoms with Gasteiger partial charge in [0, 0.05) is 24.6 Å². The van der Waals surface area contributed by atoms with E-state index in [9.17, 15) is 0 Å². The Morgan fingerprint density at radius 1 is 1.12 bits per heavy atom. The summed E-state index contributed by atoms with van der Waals surface area (Å²) in [6.07, 6.45) is 3.32. The fourth-order valence-corrected chi connectivity index (χ4v) is 3.71. The first-order valence-electron chi connectivity index (χ1n) is 8.78. The molecule has 5 nitrogen and oxygen atoms in total. The molecule has 1 aromatic carbocycles. The van der Waals surface area contributed by atoms with Crippen LogP contribution in [0.1, 0.15) is 47.9 Å². The van der Waals surface area contributed by atoms with Crippen LogP contribution in [0.3, 0.4) is 0 Å². The lowest BCUT2D eigenvalue weighted by atomic mass is 10.0. The molecule has 128 valence electrons. The highest BCUT2D eigenvalue weighted by Crippen LogP contribution is 2.38. The molecule has 1 saturated heterocycles. The van der Waals surface area contributed by atoms with Crippen molar-refractivity contribution in [1.82, 2.24) is 10.1 Å². The first-order chi connectivity index (χ1) is 11.7. The minimum atomic E-state index is 0.413. The number of fused-ring (bicyclic) bond motifs is 1. The van der Waals surface area contributed by atoms with Crippen LogP contribution >= 0.6 is 0 Å². The second kappa shape index (κ2) is 6.48. The molecule has 1 aromatic heterocycles. The Balaban J connectivity index is 1.57. The van der Waals surface area contributed by atoms with Crippen LogP contribution in [-0.2, 0) is 6.54 Å². The monoisotopic (exact) mass is 328 g/mol. The molecular weight excluding hydrogens is 304 g/mol. The number of rotatable bonds is 3. The van der Waals surface area contributed by atoms with Crippen molar-refractivity contribution >= 4 is 0 Å². The second-order valence-electron chi connectivity index (χ2n) is 6.69. The summed E-state index contributed by atoms with van der Waals surface area (Å²) >= 11 is 0. The quantitative estimate of drug-likeness (QED) is 0.858. The Morgan fingerprint density at radius 2 is 1.96 bits per heavy atom. The first kappa shape index (κ1) is 15.5. The molecule has 24 heavy (non-hydrogen) atoms. The van der Waals surface area contributed by atoms with Crippen molar-refractivity contribution in [2.24, 2.45) is 0 Å². The molecular formula is C19H24N2O3. The lowest BCUT2D eigenvalue weighted by molar-refractivity contribution is 0.245. The smallest absolute Gasteiger partial charge is 0.161 e. The fraction of sp³-hybridized carbons (Fsp3) is 0.526. The SMILES string of the molecule is Cc1noc(C)c1CN1CCC[C@@H]1c1ccc2c(c1)OCCCO2. The van der Waals surface area contributed by atoms with E-state index in [2.05, 4.69) is 28.3 Å². The van der Waals surface area contributed by atoms with Gasteiger partial charge in [-0.3, -0.25) is 4.90 Å². The summed E-state index contributed by atoms with van der Waals surface area (Å²) in [6.45, 7) is 7.46. The summed E-state index contributed by atoms with van der Waals surface area (Å²) in [4.78, 5) is 2.52. The number of hydrogen-bond donors (Lipinski definition) is 0. The van der Waals surface area contributed by atoms with Crippen LogP contribution in [0.15, 0.2) is 22.7 Å². The van der Waals surface area contributed by atoms with Crippen LogP contribution in [0.4, 0.5) is 0 Å². The van der Waals surface area contributed by atoms with Gasteiger partial charge in [0.25, 0.3) is 0 Å². The molecule has 0 amide bonds. The molecule has 5 heteroatoms. The molecule has 0 saturated carbocycles. The van der Waals surface area contributed by atoms with E-state index in [0.717, 1.165) is 55.7 Å². The third kappa shape index (κ3) is 2.88. The summed E-state index contributed by atoms with van der Waals surface area (Å²) < 4.78 is 16.9. The molecule has 2 aromatic rings. The molecule has 2 aliphatic heterocycles. The predicted molar refractivity (Wildman–Crippen MR) is 90.4 cm³/mol. The van der Waals surface area contributed by atoms with Gasteiger partial charge in [0.15, 0.2) is 11.5 Å². The second-order valence-corrected chi connectivity index (χ2v) is 6.69. The maximum atomic E-state index is 5.86. The highest BCUT2D eigenvalue weighted by Gasteiger charge is 2.28. The minimum Gasteiger partial charge on any atom is -0.490 e. The van der Waals surface area contributed by atoms with Gasteiger partial charge >= 0.3 is 0 Å². The number of nitrogens with zero attached hydrogens (tertiary/aromatic N) is 2. The summed E-state index contributed by atoms with van der Waals surface area (Å²) in [7, 11) is 0. The molecule has 4 rings (SSSR count). The van der Waals surface area contributed by atoms with E-state index >= 15 is 0 Å². The van der Waals surface area contributed by atoms with Crippen molar-refractivity contribution in [3.8, 4) is 11.5 Å². The number of ether oxygens (including phenoxy) is 2. The van der Waals surface area contributed by atoms with Crippen LogP contribution in [-0.4, -0.2) is 29.8 Å². The van der Waals surface area contributed by atoms with Gasteiger partial charge in [-0.05, 0) is 50.9 Å². The number of likely N-dealkylation sites (tertiary alicyclic amines) is 1. The highest BCUT2D eigenvalue weighted by atomic mass is 16.5. The molecule has 0 aliphatic carbocycles. The van der Waals surface area contributed by atoms with Gasteiger partial charge in [0.2, 0.25) is 0 Å². The third-order valence-electron chi connectivity index (χ3n) is 5.06. The Hall–Kier alpha value is -2.01. The van der Waals surface area contributed by atoms with Crippen molar-refractivity contribution < 1.29 is 14.0 Å². The summed E-state index contributed by atoms with van der Waals surface area (Å²) in [6, 6.07) is 6.82. The van der Waals surface area contributed by atoms with Crippen molar-refractivity contribution in [1.29, 1.82) is 0 Å². The van der Waals surface area contributed by atoms with Gasteiger partial charge in [-0.1, -0.05) is 11.2 Å². The molecule has 0 bridgehead atoms. The third-order valence-corrected chi connectivity index (χ3v) is 5.06. The van der Waals surface area contributed by atoms with E-state index in [-0.39, 0.29) is 0 Å². The average Bonchev–Trinajstić information content (AvgIpc) is 3.08. The number of benzene rings is 1. The van der Waals surface area contributed by atoms with E-state index in [0.29, 0.717) is 6.04 Å². The maximum absolute atomic E-state index is 5.86. The van der Waals surface area contributed by atoms with Gasteiger partial charge in [-0.15, -0.1) is 0 Å². The molecule has 0 N–H and O–H groups in total. The van der Waals surface area contributed by atoms with Crippen molar-refractivity contribution in [2.45, 2.75) is 45.7 Å². The Kier molecular flexibility index (Phi) is 4.19.